The van der Waals surface area contributed by atoms with Crippen LogP contribution in [-0.2, 0) is 4.74 Å². The number of alkyl halides is 3. The van der Waals surface area contributed by atoms with Crippen LogP contribution in [0.1, 0.15) is 54.9 Å². The van der Waals surface area contributed by atoms with Gasteiger partial charge in [0.25, 0.3) is 0 Å². The summed E-state index contributed by atoms with van der Waals surface area (Å²) in [6, 6.07) is 8.42. The summed E-state index contributed by atoms with van der Waals surface area (Å²) in [5.41, 5.74) is 1.75. The highest BCUT2D eigenvalue weighted by Gasteiger charge is 2.37. The maximum atomic E-state index is 14.7. The summed E-state index contributed by atoms with van der Waals surface area (Å²) in [5, 5.41) is 0. The van der Waals surface area contributed by atoms with Gasteiger partial charge in [-0.1, -0.05) is 26.3 Å². The molecule has 162 valence electrons. The van der Waals surface area contributed by atoms with Crippen molar-refractivity contribution in [2.75, 3.05) is 13.7 Å². The molecule has 1 atom stereocenters. The lowest BCUT2D eigenvalue weighted by Crippen LogP contribution is -2.19. The fourth-order valence-electron chi connectivity index (χ4n) is 4.21. The van der Waals surface area contributed by atoms with E-state index in [4.69, 9.17) is 9.47 Å². The van der Waals surface area contributed by atoms with Gasteiger partial charge in [0, 0.05) is 5.56 Å². The monoisotopic (exact) mass is 424 g/mol. The highest BCUT2D eigenvalue weighted by molar-refractivity contribution is 5.90. The first-order chi connectivity index (χ1) is 14.0. The van der Waals surface area contributed by atoms with Crippen LogP contribution in [-0.4, -0.2) is 25.9 Å². The predicted molar refractivity (Wildman–Crippen MR) is 105 cm³/mol. The molecule has 0 radical (unpaired) electrons. The van der Waals surface area contributed by atoms with E-state index < -0.39 is 24.6 Å². The van der Waals surface area contributed by atoms with Crippen LogP contribution in [0.2, 0.25) is 0 Å². The van der Waals surface area contributed by atoms with Crippen molar-refractivity contribution in [1.29, 1.82) is 0 Å². The zero-order valence-corrected chi connectivity index (χ0v) is 17.1. The summed E-state index contributed by atoms with van der Waals surface area (Å²) < 4.78 is 61.9. The molecule has 0 saturated heterocycles. The smallest absolute Gasteiger partial charge is 0.422 e. The van der Waals surface area contributed by atoms with E-state index in [1.807, 2.05) is 0 Å². The van der Waals surface area contributed by atoms with Crippen molar-refractivity contribution in [3.05, 3.63) is 53.3 Å². The van der Waals surface area contributed by atoms with Crippen LogP contribution in [0.25, 0.3) is 11.1 Å². The maximum Gasteiger partial charge on any atom is 0.422 e. The fourth-order valence-corrected chi connectivity index (χ4v) is 4.21. The third kappa shape index (κ3) is 4.77. The Hall–Kier alpha value is -2.57. The van der Waals surface area contributed by atoms with E-state index in [1.54, 1.807) is 12.1 Å². The molecule has 1 fully saturated rings. The van der Waals surface area contributed by atoms with E-state index in [-0.39, 0.29) is 22.6 Å². The molecule has 0 aliphatic heterocycles. The average molecular weight is 424 g/mol. The molecule has 0 aromatic heterocycles. The molecule has 0 N–H and O–H groups in total. The number of esters is 1. The lowest BCUT2D eigenvalue weighted by atomic mass is 9.75. The van der Waals surface area contributed by atoms with Crippen LogP contribution in [0, 0.1) is 11.2 Å². The minimum atomic E-state index is -4.49. The van der Waals surface area contributed by atoms with E-state index in [9.17, 15) is 22.4 Å². The van der Waals surface area contributed by atoms with Gasteiger partial charge in [-0.25, -0.2) is 9.18 Å². The van der Waals surface area contributed by atoms with Gasteiger partial charge in [0.2, 0.25) is 0 Å². The molecule has 0 amide bonds. The first-order valence-electron chi connectivity index (χ1n) is 9.73. The summed E-state index contributed by atoms with van der Waals surface area (Å²) >= 11 is 0. The van der Waals surface area contributed by atoms with Crippen LogP contribution >= 0.6 is 0 Å². The fraction of sp³-hybridized carbons (Fsp3) is 0.435. The van der Waals surface area contributed by atoms with Gasteiger partial charge in [0.05, 0.1) is 12.7 Å². The molecule has 2 aromatic carbocycles. The third-order valence-electron chi connectivity index (χ3n) is 5.74. The predicted octanol–water partition coefficient (Wildman–Crippen LogP) is 6.51. The lowest BCUT2D eigenvalue weighted by Gasteiger charge is -2.29. The van der Waals surface area contributed by atoms with E-state index in [0.717, 1.165) is 30.9 Å². The van der Waals surface area contributed by atoms with Crippen molar-refractivity contribution in [3.8, 4) is 16.9 Å². The number of ether oxygens (including phenoxy) is 2. The van der Waals surface area contributed by atoms with Crippen molar-refractivity contribution < 1.29 is 31.8 Å². The largest absolute Gasteiger partial charge is 0.484 e. The minimum absolute atomic E-state index is 0.0651. The zero-order valence-electron chi connectivity index (χ0n) is 17.1. The highest BCUT2D eigenvalue weighted by atomic mass is 19.4. The second-order valence-electron chi connectivity index (χ2n) is 8.27. The summed E-state index contributed by atoms with van der Waals surface area (Å²) in [6.45, 7) is 2.79. The molecule has 1 aliphatic rings. The standard InChI is InChI=1S/C23H24F4O3/c1-22(2)10-4-5-19(22)17-11-14(21(28)29-3)6-8-16(17)18-12-15(7-9-20(18)24)30-13-23(25,26)27/h6-9,11-12,19H,4-5,10,13H2,1-3H3. The molecular weight excluding hydrogens is 400 g/mol. The van der Waals surface area contributed by atoms with E-state index in [2.05, 4.69) is 13.8 Å². The Kier molecular flexibility index (Phi) is 6.11. The lowest BCUT2D eigenvalue weighted by molar-refractivity contribution is -0.153. The molecule has 3 nitrogen and oxygen atoms in total. The number of carbonyl (C=O) groups excluding carboxylic acids is 1. The van der Waals surface area contributed by atoms with Crippen molar-refractivity contribution in [2.24, 2.45) is 5.41 Å². The molecule has 30 heavy (non-hydrogen) atoms. The first-order valence-corrected chi connectivity index (χ1v) is 9.73. The van der Waals surface area contributed by atoms with E-state index >= 15 is 0 Å². The molecule has 0 heterocycles. The van der Waals surface area contributed by atoms with Gasteiger partial charge in [-0.3, -0.25) is 0 Å². The number of halogens is 4. The molecule has 2 aromatic rings. The van der Waals surface area contributed by atoms with E-state index in [0.29, 0.717) is 11.1 Å². The molecule has 7 heteroatoms. The molecule has 0 bridgehead atoms. The third-order valence-corrected chi connectivity index (χ3v) is 5.74. The number of hydrogen-bond acceptors (Lipinski definition) is 3. The van der Waals surface area contributed by atoms with Crippen molar-refractivity contribution >= 4 is 5.97 Å². The Morgan fingerprint density at radius 3 is 2.47 bits per heavy atom. The van der Waals surface area contributed by atoms with Gasteiger partial charge in [-0.15, -0.1) is 0 Å². The number of methoxy groups -OCH3 is 1. The van der Waals surface area contributed by atoms with Crippen molar-refractivity contribution in [2.45, 2.75) is 45.2 Å². The Labute approximate surface area is 173 Å². The van der Waals surface area contributed by atoms with Crippen molar-refractivity contribution in [3.63, 3.8) is 0 Å². The van der Waals surface area contributed by atoms with Gasteiger partial charge in [-0.05, 0) is 65.6 Å². The summed E-state index contributed by atoms with van der Waals surface area (Å²) in [6.07, 6.45) is -1.64. The second-order valence-corrected chi connectivity index (χ2v) is 8.27. The topological polar surface area (TPSA) is 35.5 Å². The summed E-state index contributed by atoms with van der Waals surface area (Å²) in [7, 11) is 1.29. The zero-order chi connectivity index (χ0) is 22.1. The van der Waals surface area contributed by atoms with Gasteiger partial charge in [-0.2, -0.15) is 13.2 Å². The summed E-state index contributed by atoms with van der Waals surface area (Å²) in [4.78, 5) is 12.1. The second kappa shape index (κ2) is 8.28. The van der Waals surface area contributed by atoms with Crippen LogP contribution in [0.4, 0.5) is 17.6 Å². The first kappa shape index (κ1) is 22.1. The number of rotatable bonds is 5. The highest BCUT2D eigenvalue weighted by Crippen LogP contribution is 2.51. The Morgan fingerprint density at radius 1 is 1.13 bits per heavy atom. The molecular formula is C23H24F4O3. The maximum absolute atomic E-state index is 14.7. The number of hydrogen-bond donors (Lipinski definition) is 0. The van der Waals surface area contributed by atoms with Crippen LogP contribution in [0.5, 0.6) is 5.75 Å². The number of benzene rings is 2. The summed E-state index contributed by atoms with van der Waals surface area (Å²) in [5.74, 6) is -1.08. The minimum Gasteiger partial charge on any atom is -0.484 e. The quantitative estimate of drug-likeness (QED) is 0.405. The van der Waals surface area contributed by atoms with Crippen LogP contribution in [0.3, 0.4) is 0 Å². The Balaban J connectivity index is 2.10. The molecule has 1 unspecified atom stereocenters. The molecule has 1 saturated carbocycles. The normalized spacial score (nSPS) is 18.3. The van der Waals surface area contributed by atoms with Crippen LogP contribution in [0.15, 0.2) is 36.4 Å². The SMILES string of the molecule is COC(=O)c1ccc(-c2cc(OCC(F)(F)F)ccc2F)c(C2CCCC2(C)C)c1. The Morgan fingerprint density at radius 2 is 1.87 bits per heavy atom. The van der Waals surface area contributed by atoms with E-state index in [1.165, 1.54) is 25.3 Å². The molecule has 1 aliphatic carbocycles. The Bertz CT molecular complexity index is 935. The van der Waals surface area contributed by atoms with Gasteiger partial charge >= 0.3 is 12.1 Å². The average Bonchev–Trinajstić information content (AvgIpc) is 3.04. The van der Waals surface area contributed by atoms with Crippen molar-refractivity contribution in [1.82, 2.24) is 0 Å². The molecule has 3 rings (SSSR count). The molecule has 0 spiro atoms. The van der Waals surface area contributed by atoms with Gasteiger partial charge < -0.3 is 9.47 Å². The van der Waals surface area contributed by atoms with Gasteiger partial charge in [0.15, 0.2) is 6.61 Å². The van der Waals surface area contributed by atoms with Gasteiger partial charge in [0.1, 0.15) is 11.6 Å². The number of carbonyl (C=O) groups is 1. The van der Waals surface area contributed by atoms with Crippen LogP contribution < -0.4 is 4.74 Å².